The number of nitrogens with one attached hydrogen (secondary N) is 2. The molecule has 0 aliphatic rings. The molecule has 28 heavy (non-hydrogen) atoms. The van der Waals surface area contributed by atoms with Gasteiger partial charge in [0.1, 0.15) is 0 Å². The lowest BCUT2D eigenvalue weighted by Crippen LogP contribution is -2.10. The SMILES string of the molecule is O=C(Nc1ccc(-c2nn[nH]n2)cc1)c1ccc(-c2nc3ccccc3s2)o1. The predicted octanol–water partition coefficient (Wildman–Crippen LogP) is 3.99. The number of hydrogen-bond acceptors (Lipinski definition) is 7. The molecule has 0 aliphatic heterocycles. The lowest BCUT2D eigenvalue weighted by molar-refractivity contribution is 0.0997. The molecule has 0 fully saturated rings. The van der Waals surface area contributed by atoms with E-state index in [0.29, 0.717) is 17.3 Å². The van der Waals surface area contributed by atoms with Crippen LogP contribution in [0.2, 0.25) is 0 Å². The number of hydrogen-bond donors (Lipinski definition) is 2. The summed E-state index contributed by atoms with van der Waals surface area (Å²) in [4.78, 5) is 17.0. The molecule has 0 atom stereocenters. The number of para-hydroxylation sites is 1. The number of benzene rings is 2. The van der Waals surface area contributed by atoms with Gasteiger partial charge in [0, 0.05) is 11.3 Å². The summed E-state index contributed by atoms with van der Waals surface area (Å²) in [5, 5.41) is 17.3. The van der Waals surface area contributed by atoms with Crippen molar-refractivity contribution in [2.45, 2.75) is 0 Å². The Kier molecular flexibility index (Phi) is 3.91. The normalized spacial score (nSPS) is 11.0. The molecule has 0 aliphatic carbocycles. The van der Waals surface area contributed by atoms with Crippen molar-refractivity contribution in [2.75, 3.05) is 5.32 Å². The summed E-state index contributed by atoms with van der Waals surface area (Å²) in [6, 6.07) is 18.4. The van der Waals surface area contributed by atoms with Gasteiger partial charge in [-0.2, -0.15) is 5.21 Å². The summed E-state index contributed by atoms with van der Waals surface area (Å²) in [6.45, 7) is 0. The molecule has 3 heterocycles. The number of amides is 1. The zero-order valence-electron chi connectivity index (χ0n) is 14.3. The summed E-state index contributed by atoms with van der Waals surface area (Å²) in [6.07, 6.45) is 0. The van der Waals surface area contributed by atoms with Gasteiger partial charge in [-0.15, -0.1) is 21.5 Å². The molecule has 2 N–H and O–H groups in total. The van der Waals surface area contributed by atoms with E-state index >= 15 is 0 Å². The van der Waals surface area contributed by atoms with Gasteiger partial charge in [0.05, 0.1) is 10.2 Å². The number of aromatic nitrogens is 5. The number of furan rings is 1. The maximum atomic E-state index is 12.5. The first-order valence-corrected chi connectivity index (χ1v) is 9.19. The van der Waals surface area contributed by atoms with Gasteiger partial charge in [0.2, 0.25) is 5.82 Å². The van der Waals surface area contributed by atoms with Gasteiger partial charge >= 0.3 is 0 Å². The van der Waals surface area contributed by atoms with Gasteiger partial charge < -0.3 is 9.73 Å². The van der Waals surface area contributed by atoms with Crippen LogP contribution in [0.4, 0.5) is 5.69 Å². The van der Waals surface area contributed by atoms with Crippen molar-refractivity contribution < 1.29 is 9.21 Å². The Bertz CT molecular complexity index is 1220. The van der Waals surface area contributed by atoms with Gasteiger partial charge in [-0.25, -0.2) is 4.98 Å². The van der Waals surface area contributed by atoms with Gasteiger partial charge in [-0.3, -0.25) is 4.79 Å². The van der Waals surface area contributed by atoms with Gasteiger partial charge in [0.25, 0.3) is 5.91 Å². The van der Waals surface area contributed by atoms with Crippen molar-refractivity contribution in [3.63, 3.8) is 0 Å². The molecule has 9 heteroatoms. The van der Waals surface area contributed by atoms with Crippen molar-refractivity contribution in [3.05, 3.63) is 66.4 Å². The van der Waals surface area contributed by atoms with E-state index in [9.17, 15) is 4.79 Å². The minimum atomic E-state index is -0.334. The molecule has 0 saturated carbocycles. The topological polar surface area (TPSA) is 110 Å². The number of nitrogens with zero attached hydrogens (tertiary/aromatic N) is 4. The lowest BCUT2D eigenvalue weighted by atomic mass is 10.2. The number of aromatic amines is 1. The third-order valence-corrected chi connectivity index (χ3v) is 5.13. The van der Waals surface area contributed by atoms with E-state index in [1.165, 1.54) is 11.3 Å². The van der Waals surface area contributed by atoms with Crippen LogP contribution in [0.15, 0.2) is 65.1 Å². The summed E-state index contributed by atoms with van der Waals surface area (Å²) in [5.74, 6) is 0.944. The first-order chi connectivity index (χ1) is 13.8. The highest BCUT2D eigenvalue weighted by molar-refractivity contribution is 7.21. The Morgan fingerprint density at radius 2 is 1.89 bits per heavy atom. The van der Waals surface area contributed by atoms with Gasteiger partial charge in [0.15, 0.2) is 16.5 Å². The van der Waals surface area contributed by atoms with Crippen molar-refractivity contribution in [2.24, 2.45) is 0 Å². The van der Waals surface area contributed by atoms with E-state index in [-0.39, 0.29) is 11.7 Å². The molecule has 0 bridgehead atoms. The number of rotatable bonds is 4. The van der Waals surface area contributed by atoms with Crippen LogP contribution in [0, 0.1) is 0 Å². The third-order valence-electron chi connectivity index (χ3n) is 4.08. The molecule has 3 aromatic heterocycles. The van der Waals surface area contributed by atoms with Gasteiger partial charge in [-0.05, 0) is 53.7 Å². The van der Waals surface area contributed by atoms with Crippen LogP contribution in [-0.4, -0.2) is 31.5 Å². The summed E-state index contributed by atoms with van der Waals surface area (Å²) in [5.41, 5.74) is 2.34. The molecular weight excluding hydrogens is 376 g/mol. The van der Waals surface area contributed by atoms with Gasteiger partial charge in [-0.1, -0.05) is 12.1 Å². The van der Waals surface area contributed by atoms with E-state index in [0.717, 1.165) is 20.8 Å². The molecule has 1 amide bonds. The molecule has 136 valence electrons. The smallest absolute Gasteiger partial charge is 0.291 e. The minimum Gasteiger partial charge on any atom is -0.448 e. The highest BCUT2D eigenvalue weighted by atomic mass is 32.1. The van der Waals surface area contributed by atoms with Crippen molar-refractivity contribution in [1.82, 2.24) is 25.6 Å². The van der Waals surface area contributed by atoms with Crippen LogP contribution in [0.1, 0.15) is 10.6 Å². The molecular formula is C19H12N6O2S. The fourth-order valence-corrected chi connectivity index (χ4v) is 3.66. The van der Waals surface area contributed by atoms with E-state index in [1.807, 2.05) is 24.3 Å². The maximum Gasteiger partial charge on any atom is 0.291 e. The van der Waals surface area contributed by atoms with Crippen LogP contribution in [0.5, 0.6) is 0 Å². The Labute approximate surface area is 162 Å². The highest BCUT2D eigenvalue weighted by Gasteiger charge is 2.15. The second-order valence-corrected chi connectivity index (χ2v) is 6.95. The van der Waals surface area contributed by atoms with Crippen molar-refractivity contribution >= 4 is 33.1 Å². The predicted molar refractivity (Wildman–Crippen MR) is 105 cm³/mol. The fraction of sp³-hybridized carbons (Fsp3) is 0. The first-order valence-electron chi connectivity index (χ1n) is 8.37. The van der Waals surface area contributed by atoms with E-state index in [2.05, 4.69) is 30.9 Å². The first kappa shape index (κ1) is 16.3. The monoisotopic (exact) mass is 388 g/mol. The second kappa shape index (κ2) is 6.71. The molecule has 5 rings (SSSR count). The highest BCUT2D eigenvalue weighted by Crippen LogP contribution is 2.31. The number of tetrazole rings is 1. The number of H-pyrrole nitrogens is 1. The van der Waals surface area contributed by atoms with Crippen LogP contribution in [-0.2, 0) is 0 Å². The van der Waals surface area contributed by atoms with Crippen LogP contribution in [0.3, 0.4) is 0 Å². The minimum absolute atomic E-state index is 0.219. The summed E-state index contributed by atoms with van der Waals surface area (Å²) in [7, 11) is 0. The molecule has 8 nitrogen and oxygen atoms in total. The molecule has 5 aromatic rings. The van der Waals surface area contributed by atoms with Crippen molar-refractivity contribution in [1.29, 1.82) is 0 Å². The van der Waals surface area contributed by atoms with Crippen LogP contribution >= 0.6 is 11.3 Å². The van der Waals surface area contributed by atoms with E-state index in [1.54, 1.807) is 36.4 Å². The molecule has 0 radical (unpaired) electrons. The van der Waals surface area contributed by atoms with E-state index in [4.69, 9.17) is 4.42 Å². The summed E-state index contributed by atoms with van der Waals surface area (Å²) >= 11 is 1.52. The standard InChI is InChI=1S/C19H12N6O2S/c26-18(20-12-7-5-11(6-8-12)17-22-24-25-23-17)14-9-10-15(27-14)19-21-13-3-1-2-4-16(13)28-19/h1-10H,(H,20,26)(H,22,23,24,25). The zero-order valence-corrected chi connectivity index (χ0v) is 15.1. The van der Waals surface area contributed by atoms with Crippen LogP contribution < -0.4 is 5.32 Å². The summed E-state index contributed by atoms with van der Waals surface area (Å²) < 4.78 is 6.79. The number of carbonyl (C=O) groups excluding carboxylic acids is 1. The number of fused-ring (bicyclic) bond motifs is 1. The largest absolute Gasteiger partial charge is 0.448 e. The quantitative estimate of drug-likeness (QED) is 0.482. The third kappa shape index (κ3) is 3.03. The zero-order chi connectivity index (χ0) is 18.9. The number of anilines is 1. The van der Waals surface area contributed by atoms with Crippen molar-refractivity contribution in [3.8, 4) is 22.2 Å². The fourth-order valence-electron chi connectivity index (χ4n) is 2.73. The molecule has 2 aromatic carbocycles. The second-order valence-electron chi connectivity index (χ2n) is 5.92. The Hall–Kier alpha value is -3.85. The van der Waals surface area contributed by atoms with Crippen LogP contribution in [0.25, 0.3) is 32.4 Å². The molecule has 0 spiro atoms. The Balaban J connectivity index is 1.33. The Morgan fingerprint density at radius 1 is 1.04 bits per heavy atom. The number of carbonyl (C=O) groups is 1. The van der Waals surface area contributed by atoms with E-state index < -0.39 is 0 Å². The molecule has 0 unspecified atom stereocenters. The molecule has 0 saturated heterocycles. The number of thiazole rings is 1. The average molecular weight is 388 g/mol. The Morgan fingerprint density at radius 3 is 2.68 bits per heavy atom. The lowest BCUT2D eigenvalue weighted by Gasteiger charge is -2.03. The maximum absolute atomic E-state index is 12.5. The average Bonchev–Trinajstić information content (AvgIpc) is 3.48.